The van der Waals surface area contributed by atoms with Crippen molar-refractivity contribution in [3.8, 4) is 0 Å². The third-order valence-electron chi connectivity index (χ3n) is 3.90. The molecule has 25 heavy (non-hydrogen) atoms. The van der Waals surface area contributed by atoms with Gasteiger partial charge >= 0.3 is 6.18 Å². The summed E-state index contributed by atoms with van der Waals surface area (Å²) < 4.78 is 64.9. The molecule has 1 N–H and O–H groups in total. The Balaban J connectivity index is 1.94. The highest BCUT2D eigenvalue weighted by Crippen LogP contribution is 2.31. The zero-order valence-electron chi connectivity index (χ0n) is 12.9. The van der Waals surface area contributed by atoms with E-state index in [2.05, 4.69) is 15.3 Å². The Morgan fingerprint density at radius 2 is 2.00 bits per heavy atom. The molecular weight excluding hydrogens is 357 g/mol. The van der Waals surface area contributed by atoms with Crippen molar-refractivity contribution in [1.82, 2.24) is 19.6 Å². The summed E-state index contributed by atoms with van der Waals surface area (Å²) in [6.45, 7) is 1.03. The topological polar surface area (TPSA) is 75.2 Å². The van der Waals surface area contributed by atoms with Crippen LogP contribution in [0.3, 0.4) is 0 Å². The maximum absolute atomic E-state index is 12.9. The number of aromatic nitrogens is 2. The summed E-state index contributed by atoms with van der Waals surface area (Å²) in [6, 6.07) is 4.59. The van der Waals surface area contributed by atoms with Gasteiger partial charge in [-0.1, -0.05) is 6.07 Å². The minimum absolute atomic E-state index is 0.197. The van der Waals surface area contributed by atoms with Crippen molar-refractivity contribution in [3.63, 3.8) is 0 Å². The first-order chi connectivity index (χ1) is 11.8. The third-order valence-corrected chi connectivity index (χ3v) is 5.79. The summed E-state index contributed by atoms with van der Waals surface area (Å²) in [4.78, 5) is 6.98. The largest absolute Gasteiger partial charge is 0.433 e. The van der Waals surface area contributed by atoms with Gasteiger partial charge in [-0.05, 0) is 23.8 Å². The molecule has 1 unspecified atom stereocenters. The van der Waals surface area contributed by atoms with Crippen molar-refractivity contribution < 1.29 is 21.6 Å². The van der Waals surface area contributed by atoms with Crippen molar-refractivity contribution in [2.75, 3.05) is 19.6 Å². The second kappa shape index (κ2) is 6.70. The lowest BCUT2D eigenvalue weighted by Gasteiger charge is -2.35. The van der Waals surface area contributed by atoms with Gasteiger partial charge in [0.05, 0.1) is 6.04 Å². The van der Waals surface area contributed by atoms with Crippen LogP contribution in [0.15, 0.2) is 47.8 Å². The van der Waals surface area contributed by atoms with Crippen molar-refractivity contribution in [1.29, 1.82) is 0 Å². The molecule has 1 atom stereocenters. The smallest absolute Gasteiger partial charge is 0.313 e. The van der Waals surface area contributed by atoms with E-state index in [-0.39, 0.29) is 11.4 Å². The summed E-state index contributed by atoms with van der Waals surface area (Å²) in [5.41, 5.74) is -0.422. The maximum atomic E-state index is 12.9. The van der Waals surface area contributed by atoms with Crippen LogP contribution in [0.4, 0.5) is 13.2 Å². The standard InChI is InChI=1S/C15H15F3N4O2S/c16-15(17,18)14-4-3-12(9-21-14)25(23,24)22-7-6-20-10-13(22)11-2-1-5-19-8-11/h1-5,8-9,13,20H,6-7,10H2. The van der Waals surface area contributed by atoms with Gasteiger partial charge in [0, 0.05) is 38.2 Å². The van der Waals surface area contributed by atoms with E-state index in [1.165, 1.54) is 4.31 Å². The van der Waals surface area contributed by atoms with E-state index in [9.17, 15) is 21.6 Å². The first-order valence-corrected chi connectivity index (χ1v) is 8.90. The molecule has 2 aromatic rings. The number of hydrogen-bond donors (Lipinski definition) is 1. The van der Waals surface area contributed by atoms with Crippen LogP contribution in [0.25, 0.3) is 0 Å². The Labute approximate surface area is 142 Å². The summed E-state index contributed by atoms with van der Waals surface area (Å²) in [5, 5.41) is 3.12. The number of pyridine rings is 2. The molecule has 1 aliphatic heterocycles. The van der Waals surface area contributed by atoms with E-state index in [0.717, 1.165) is 12.3 Å². The number of sulfonamides is 1. The first kappa shape index (κ1) is 17.8. The van der Waals surface area contributed by atoms with Gasteiger partial charge in [0.25, 0.3) is 0 Å². The van der Waals surface area contributed by atoms with Crippen molar-refractivity contribution in [2.24, 2.45) is 0 Å². The lowest BCUT2D eigenvalue weighted by Crippen LogP contribution is -2.48. The van der Waals surface area contributed by atoms with Crippen LogP contribution in [0, 0.1) is 0 Å². The Bertz CT molecular complexity index is 826. The molecule has 0 amide bonds. The SMILES string of the molecule is O=S(=O)(c1ccc(C(F)(F)F)nc1)N1CCNCC1c1cccnc1. The highest BCUT2D eigenvalue weighted by atomic mass is 32.2. The van der Waals surface area contributed by atoms with E-state index in [4.69, 9.17) is 0 Å². The number of alkyl halides is 3. The number of nitrogens with one attached hydrogen (secondary N) is 1. The highest BCUT2D eigenvalue weighted by Gasteiger charge is 2.36. The van der Waals surface area contributed by atoms with Gasteiger partial charge in [0.15, 0.2) is 0 Å². The van der Waals surface area contributed by atoms with Crippen molar-refractivity contribution in [3.05, 3.63) is 54.1 Å². The molecule has 0 radical (unpaired) electrons. The van der Waals surface area contributed by atoms with Gasteiger partial charge in [-0.2, -0.15) is 17.5 Å². The van der Waals surface area contributed by atoms with Crippen molar-refractivity contribution in [2.45, 2.75) is 17.1 Å². The molecule has 1 aliphatic rings. The molecule has 1 saturated heterocycles. The fraction of sp³-hybridized carbons (Fsp3) is 0.333. The summed E-state index contributed by atoms with van der Waals surface area (Å²) in [5.74, 6) is 0. The predicted octanol–water partition coefficient (Wildman–Crippen LogP) is 1.83. The number of hydrogen-bond acceptors (Lipinski definition) is 5. The van der Waals surface area contributed by atoms with Gasteiger partial charge in [-0.3, -0.25) is 9.97 Å². The number of nitrogens with zero attached hydrogens (tertiary/aromatic N) is 3. The molecule has 0 saturated carbocycles. The van der Waals surface area contributed by atoms with E-state index in [1.54, 1.807) is 24.5 Å². The quantitative estimate of drug-likeness (QED) is 0.890. The molecule has 0 aliphatic carbocycles. The average molecular weight is 372 g/mol. The zero-order chi connectivity index (χ0) is 18.1. The molecule has 10 heteroatoms. The zero-order valence-corrected chi connectivity index (χ0v) is 13.8. The van der Waals surface area contributed by atoms with Crippen LogP contribution in [-0.2, 0) is 16.2 Å². The van der Waals surface area contributed by atoms with Crippen LogP contribution in [-0.4, -0.2) is 42.3 Å². The Morgan fingerprint density at radius 3 is 2.60 bits per heavy atom. The summed E-state index contributed by atoms with van der Waals surface area (Å²) >= 11 is 0. The molecule has 0 bridgehead atoms. The molecule has 2 aromatic heterocycles. The van der Waals surface area contributed by atoms with Gasteiger partial charge in [-0.25, -0.2) is 8.42 Å². The van der Waals surface area contributed by atoms with Crippen LogP contribution in [0.5, 0.6) is 0 Å². The maximum Gasteiger partial charge on any atom is 0.433 e. The minimum atomic E-state index is -4.62. The van der Waals surface area contributed by atoms with Crippen molar-refractivity contribution >= 4 is 10.0 Å². The molecule has 3 rings (SSSR count). The second-order valence-corrected chi connectivity index (χ2v) is 7.39. The van der Waals surface area contributed by atoms with E-state index in [0.29, 0.717) is 24.7 Å². The molecule has 134 valence electrons. The second-order valence-electron chi connectivity index (χ2n) is 5.50. The van der Waals surface area contributed by atoms with Crippen LogP contribution >= 0.6 is 0 Å². The summed E-state index contributed by atoms with van der Waals surface area (Å²) in [7, 11) is -3.99. The predicted molar refractivity (Wildman–Crippen MR) is 83.0 cm³/mol. The van der Waals surface area contributed by atoms with Crippen LogP contribution in [0.2, 0.25) is 0 Å². The monoisotopic (exact) mass is 372 g/mol. The minimum Gasteiger partial charge on any atom is -0.313 e. The first-order valence-electron chi connectivity index (χ1n) is 7.46. The number of halogens is 3. The van der Waals surface area contributed by atoms with Gasteiger partial charge in [0.2, 0.25) is 10.0 Å². The van der Waals surface area contributed by atoms with E-state index >= 15 is 0 Å². The molecule has 6 nitrogen and oxygen atoms in total. The van der Waals surface area contributed by atoms with E-state index < -0.39 is 27.9 Å². The Morgan fingerprint density at radius 1 is 1.20 bits per heavy atom. The molecule has 1 fully saturated rings. The van der Waals surface area contributed by atoms with Gasteiger partial charge in [-0.15, -0.1) is 0 Å². The fourth-order valence-corrected chi connectivity index (χ4v) is 4.23. The van der Waals surface area contributed by atoms with E-state index in [1.807, 2.05) is 0 Å². The molecule has 0 spiro atoms. The molecule has 0 aromatic carbocycles. The van der Waals surface area contributed by atoms with Crippen LogP contribution < -0.4 is 5.32 Å². The lowest BCUT2D eigenvalue weighted by atomic mass is 10.1. The summed E-state index contributed by atoms with van der Waals surface area (Å²) in [6.07, 6.45) is -0.709. The Kier molecular flexibility index (Phi) is 4.76. The Hall–Kier alpha value is -2.04. The van der Waals surface area contributed by atoms with Crippen LogP contribution in [0.1, 0.15) is 17.3 Å². The fourth-order valence-electron chi connectivity index (χ4n) is 2.67. The lowest BCUT2D eigenvalue weighted by molar-refractivity contribution is -0.141. The van der Waals surface area contributed by atoms with Gasteiger partial charge < -0.3 is 5.32 Å². The number of rotatable bonds is 3. The normalized spacial score (nSPS) is 19.7. The highest BCUT2D eigenvalue weighted by molar-refractivity contribution is 7.89. The number of piperazine rings is 1. The average Bonchev–Trinajstić information content (AvgIpc) is 2.62. The third kappa shape index (κ3) is 3.65. The molecule has 3 heterocycles. The molecular formula is C15H15F3N4O2S. The van der Waals surface area contributed by atoms with Gasteiger partial charge in [0.1, 0.15) is 10.6 Å².